The van der Waals surface area contributed by atoms with E-state index in [2.05, 4.69) is 41.3 Å². The monoisotopic (exact) mass is 548 g/mol. The third-order valence-electron chi connectivity index (χ3n) is 8.00. The van der Waals surface area contributed by atoms with Crippen LogP contribution in [0.25, 0.3) is 16.7 Å². The van der Waals surface area contributed by atoms with Gasteiger partial charge in [0, 0.05) is 38.3 Å². The highest BCUT2D eigenvalue weighted by Crippen LogP contribution is 2.36. The van der Waals surface area contributed by atoms with Gasteiger partial charge >= 0.3 is 5.69 Å². The number of carbonyl (C=O) groups is 1. The number of amides is 1. The molecule has 2 atom stereocenters. The fourth-order valence-corrected chi connectivity index (χ4v) is 6.22. The van der Waals surface area contributed by atoms with Crippen molar-refractivity contribution >= 4 is 40.2 Å². The van der Waals surface area contributed by atoms with Gasteiger partial charge in [0.05, 0.1) is 16.1 Å². The minimum absolute atomic E-state index is 0.0541. The molecule has 2 fully saturated rings. The normalized spacial score (nSPS) is 19.9. The number of carbonyl (C=O) groups excluding carboxylic acids is 1. The molecule has 2 aliphatic rings. The van der Waals surface area contributed by atoms with E-state index in [0.717, 1.165) is 48.9 Å². The van der Waals surface area contributed by atoms with E-state index in [1.165, 1.54) is 12.5 Å². The van der Waals surface area contributed by atoms with Gasteiger partial charge in [-0.2, -0.15) is 4.98 Å². The van der Waals surface area contributed by atoms with Gasteiger partial charge in [0.15, 0.2) is 5.65 Å². The average molecular weight is 549 g/mol. The number of anilines is 2. The van der Waals surface area contributed by atoms with Crippen LogP contribution in [0.5, 0.6) is 0 Å². The quantitative estimate of drug-likeness (QED) is 0.404. The summed E-state index contributed by atoms with van der Waals surface area (Å²) in [6.07, 6.45) is 6.48. The summed E-state index contributed by atoms with van der Waals surface area (Å²) in [6, 6.07) is 10.2. The van der Waals surface area contributed by atoms with Gasteiger partial charge < -0.3 is 14.7 Å². The van der Waals surface area contributed by atoms with Gasteiger partial charge in [-0.05, 0) is 63.3 Å². The molecule has 1 amide bonds. The lowest BCUT2D eigenvalue weighted by atomic mass is 10.0. The Labute approximate surface area is 234 Å². The van der Waals surface area contributed by atoms with Crippen molar-refractivity contribution in [3.8, 4) is 5.69 Å². The van der Waals surface area contributed by atoms with Crippen LogP contribution in [0.2, 0.25) is 5.02 Å². The van der Waals surface area contributed by atoms with Crippen LogP contribution >= 0.6 is 11.6 Å². The number of rotatable bonds is 6. The zero-order valence-corrected chi connectivity index (χ0v) is 23.8. The van der Waals surface area contributed by atoms with Gasteiger partial charge in [-0.15, -0.1) is 0 Å². The first-order chi connectivity index (χ1) is 18.8. The fourth-order valence-electron chi connectivity index (χ4n) is 5.96. The Hall–Kier alpha value is -3.39. The van der Waals surface area contributed by atoms with Crippen molar-refractivity contribution in [2.75, 3.05) is 36.0 Å². The molecule has 2 saturated heterocycles. The van der Waals surface area contributed by atoms with Crippen molar-refractivity contribution in [2.24, 2.45) is 0 Å². The Bertz CT molecular complexity index is 1450. The molecule has 0 unspecified atom stereocenters. The standard InChI is InChI=1S/C30H37ClN6O2/c1-5-11-22-13-7-8-14-25(22)37-28-23(18-24(31)29(32-28)35-15-10-9-12-20(35)3)27(33-30(37)39)36-17-16-34(19-21(36)4)26(38)6-2/h6-8,13-14,18,20-21H,2,5,9-12,15-17,19H2,1,3-4H3/t20-,21+/m1/s1. The second kappa shape index (κ2) is 11.4. The van der Waals surface area contributed by atoms with E-state index in [1.54, 1.807) is 9.47 Å². The first-order valence-electron chi connectivity index (χ1n) is 14.0. The number of aryl methyl sites for hydroxylation is 1. The highest BCUT2D eigenvalue weighted by molar-refractivity contribution is 6.33. The molecule has 206 valence electrons. The van der Waals surface area contributed by atoms with Crippen LogP contribution in [0.3, 0.4) is 0 Å². The number of aromatic nitrogens is 3. The van der Waals surface area contributed by atoms with E-state index in [4.69, 9.17) is 16.6 Å². The molecule has 0 aliphatic carbocycles. The maximum absolute atomic E-state index is 13.9. The summed E-state index contributed by atoms with van der Waals surface area (Å²) < 4.78 is 1.65. The lowest BCUT2D eigenvalue weighted by molar-refractivity contribution is -0.126. The van der Waals surface area contributed by atoms with Gasteiger partial charge in [-0.1, -0.05) is 49.7 Å². The van der Waals surface area contributed by atoms with Crippen LogP contribution < -0.4 is 15.5 Å². The third kappa shape index (κ3) is 5.14. The van der Waals surface area contributed by atoms with E-state index < -0.39 is 0 Å². The summed E-state index contributed by atoms with van der Waals surface area (Å²) in [5.74, 6) is 1.18. The van der Waals surface area contributed by atoms with Crippen LogP contribution in [0, 0.1) is 0 Å². The second-order valence-corrected chi connectivity index (χ2v) is 11.1. The molecular weight excluding hydrogens is 512 g/mol. The molecule has 5 rings (SSSR count). The highest BCUT2D eigenvalue weighted by Gasteiger charge is 2.31. The first kappa shape index (κ1) is 27.2. The molecule has 0 bridgehead atoms. The van der Waals surface area contributed by atoms with E-state index in [0.29, 0.717) is 48.0 Å². The topological polar surface area (TPSA) is 74.6 Å². The molecule has 3 aromatic rings. The molecule has 9 heteroatoms. The minimum Gasteiger partial charge on any atom is -0.353 e. The van der Waals surface area contributed by atoms with Gasteiger partial charge in [-0.3, -0.25) is 4.79 Å². The molecule has 0 radical (unpaired) electrons. The number of benzene rings is 1. The number of piperidine rings is 1. The number of hydrogen-bond donors (Lipinski definition) is 0. The largest absolute Gasteiger partial charge is 0.355 e. The Morgan fingerprint density at radius 1 is 1.08 bits per heavy atom. The van der Waals surface area contributed by atoms with Crippen molar-refractivity contribution in [3.05, 3.63) is 64.1 Å². The number of halogens is 1. The number of piperazine rings is 1. The molecule has 39 heavy (non-hydrogen) atoms. The predicted molar refractivity (Wildman–Crippen MR) is 158 cm³/mol. The summed E-state index contributed by atoms with van der Waals surface area (Å²) in [5, 5.41) is 1.29. The lowest BCUT2D eigenvalue weighted by Crippen LogP contribution is -2.54. The molecule has 0 spiro atoms. The maximum Gasteiger partial charge on any atom is 0.355 e. The molecule has 4 heterocycles. The van der Waals surface area contributed by atoms with Gasteiger partial charge in [0.1, 0.15) is 11.6 Å². The zero-order chi connectivity index (χ0) is 27.7. The van der Waals surface area contributed by atoms with Crippen molar-refractivity contribution in [3.63, 3.8) is 0 Å². The summed E-state index contributed by atoms with van der Waals surface area (Å²) in [4.78, 5) is 42.0. The van der Waals surface area contributed by atoms with Crippen LogP contribution in [-0.4, -0.2) is 63.6 Å². The summed E-state index contributed by atoms with van der Waals surface area (Å²) in [6.45, 7) is 12.5. The number of para-hydroxylation sites is 1. The molecule has 8 nitrogen and oxygen atoms in total. The van der Waals surface area contributed by atoms with E-state index in [9.17, 15) is 9.59 Å². The smallest absolute Gasteiger partial charge is 0.353 e. The Morgan fingerprint density at radius 3 is 2.56 bits per heavy atom. The van der Waals surface area contributed by atoms with Crippen LogP contribution in [0.15, 0.2) is 47.8 Å². The van der Waals surface area contributed by atoms with Gasteiger partial charge in [-0.25, -0.2) is 14.3 Å². The molecule has 1 aromatic carbocycles. The summed E-state index contributed by atoms with van der Waals surface area (Å²) in [5.41, 5.74) is 2.07. The molecule has 0 saturated carbocycles. The van der Waals surface area contributed by atoms with Gasteiger partial charge in [0.2, 0.25) is 5.91 Å². The first-order valence-corrected chi connectivity index (χ1v) is 14.4. The number of fused-ring (bicyclic) bond motifs is 1. The Kier molecular flexibility index (Phi) is 7.93. The van der Waals surface area contributed by atoms with Gasteiger partial charge in [0.25, 0.3) is 0 Å². The average Bonchev–Trinajstić information content (AvgIpc) is 2.93. The predicted octanol–water partition coefficient (Wildman–Crippen LogP) is 4.99. The number of pyridine rings is 1. The fraction of sp³-hybridized carbons (Fsp3) is 0.467. The SMILES string of the molecule is C=CC(=O)N1CCN(c2nc(=O)n(-c3ccccc3CCC)c3nc(N4CCCC[C@H]4C)c(Cl)cc23)[C@@H](C)C1. The molecular formula is C30H37ClN6O2. The van der Waals surface area contributed by atoms with Crippen molar-refractivity contribution < 1.29 is 4.79 Å². The van der Waals surface area contributed by atoms with E-state index in [1.807, 2.05) is 31.2 Å². The minimum atomic E-state index is -0.370. The Morgan fingerprint density at radius 2 is 1.85 bits per heavy atom. The molecule has 2 aliphatic heterocycles. The summed E-state index contributed by atoms with van der Waals surface area (Å²) in [7, 11) is 0. The second-order valence-electron chi connectivity index (χ2n) is 10.7. The van der Waals surface area contributed by atoms with E-state index >= 15 is 0 Å². The Balaban J connectivity index is 1.72. The maximum atomic E-state index is 13.9. The van der Waals surface area contributed by atoms with Crippen LogP contribution in [-0.2, 0) is 11.2 Å². The van der Waals surface area contributed by atoms with Crippen LogP contribution in [0.4, 0.5) is 11.6 Å². The van der Waals surface area contributed by atoms with E-state index in [-0.39, 0.29) is 17.6 Å². The van der Waals surface area contributed by atoms with Crippen molar-refractivity contribution in [1.82, 2.24) is 19.4 Å². The third-order valence-corrected chi connectivity index (χ3v) is 8.27. The lowest BCUT2D eigenvalue weighted by Gasteiger charge is -2.40. The number of hydrogen-bond acceptors (Lipinski definition) is 6. The molecule has 2 aromatic heterocycles. The number of nitrogens with zero attached hydrogens (tertiary/aromatic N) is 6. The highest BCUT2D eigenvalue weighted by atomic mass is 35.5. The van der Waals surface area contributed by atoms with Crippen LogP contribution in [0.1, 0.15) is 52.0 Å². The summed E-state index contributed by atoms with van der Waals surface area (Å²) >= 11 is 6.95. The zero-order valence-electron chi connectivity index (χ0n) is 23.1. The van der Waals surface area contributed by atoms with Crippen molar-refractivity contribution in [1.29, 1.82) is 0 Å². The molecule has 0 N–H and O–H groups in total. The van der Waals surface area contributed by atoms with Crippen molar-refractivity contribution in [2.45, 2.75) is 65.0 Å².